The molecule has 1 aromatic rings. The van der Waals surface area contributed by atoms with Crippen LogP contribution in [0.1, 0.15) is 31.9 Å². The molecule has 0 aromatic heterocycles. The summed E-state index contributed by atoms with van der Waals surface area (Å²) in [4.78, 5) is 14.6. The molecule has 5 heteroatoms. The molecule has 21 heavy (non-hydrogen) atoms. The molecule has 1 heterocycles. The van der Waals surface area contributed by atoms with Gasteiger partial charge < -0.3 is 15.4 Å². The summed E-state index contributed by atoms with van der Waals surface area (Å²) in [6.45, 7) is 5.93. The van der Waals surface area contributed by atoms with Gasteiger partial charge in [0.15, 0.2) is 0 Å². The fourth-order valence-electron chi connectivity index (χ4n) is 2.66. The third-order valence-electron chi connectivity index (χ3n) is 4.09. The van der Waals surface area contributed by atoms with E-state index in [0.717, 1.165) is 12.0 Å². The molecule has 4 nitrogen and oxygen atoms in total. The lowest BCUT2D eigenvalue weighted by atomic mass is 9.93. The average Bonchev–Trinajstić information content (AvgIpc) is 2.53. The quantitative estimate of drug-likeness (QED) is 0.928. The van der Waals surface area contributed by atoms with Crippen LogP contribution < -0.4 is 5.73 Å². The number of rotatable bonds is 4. The maximum Gasteiger partial charge on any atom is 0.227 e. The van der Waals surface area contributed by atoms with E-state index in [-0.39, 0.29) is 36.3 Å². The number of carbonyl (C=O) groups is 1. The van der Waals surface area contributed by atoms with Crippen molar-refractivity contribution in [2.45, 2.75) is 32.4 Å². The van der Waals surface area contributed by atoms with E-state index >= 15 is 0 Å². The Labute approximate surface area is 133 Å². The Morgan fingerprint density at radius 1 is 1.43 bits per heavy atom. The highest BCUT2D eigenvalue weighted by Crippen LogP contribution is 2.23. The van der Waals surface area contributed by atoms with Crippen LogP contribution in [-0.2, 0) is 9.53 Å². The molecule has 0 aliphatic carbocycles. The molecular weight excluding hydrogens is 288 g/mol. The zero-order valence-electron chi connectivity index (χ0n) is 12.7. The highest BCUT2D eigenvalue weighted by Gasteiger charge is 2.32. The Kier molecular flexibility index (Phi) is 7.15. The molecule has 3 unspecified atom stereocenters. The zero-order valence-corrected chi connectivity index (χ0v) is 13.5. The van der Waals surface area contributed by atoms with Crippen molar-refractivity contribution < 1.29 is 9.53 Å². The SMILES string of the molecule is CCC1COCCN1C(=O)C(C)C(N)c1ccccc1.Cl. The highest BCUT2D eigenvalue weighted by atomic mass is 35.5. The molecule has 1 amide bonds. The van der Waals surface area contributed by atoms with Crippen LogP contribution in [0.5, 0.6) is 0 Å². The first-order chi connectivity index (χ1) is 9.65. The van der Waals surface area contributed by atoms with Crippen molar-refractivity contribution in [2.24, 2.45) is 11.7 Å². The first-order valence-electron chi connectivity index (χ1n) is 7.34. The van der Waals surface area contributed by atoms with E-state index < -0.39 is 0 Å². The number of amides is 1. The number of carbonyl (C=O) groups excluding carboxylic acids is 1. The lowest BCUT2D eigenvalue weighted by Gasteiger charge is -2.37. The summed E-state index contributed by atoms with van der Waals surface area (Å²) >= 11 is 0. The van der Waals surface area contributed by atoms with Crippen molar-refractivity contribution in [1.82, 2.24) is 4.90 Å². The first kappa shape index (κ1) is 18.0. The Bertz CT molecular complexity index is 441. The van der Waals surface area contributed by atoms with Crippen molar-refractivity contribution in [3.05, 3.63) is 35.9 Å². The number of ether oxygens (including phenoxy) is 1. The van der Waals surface area contributed by atoms with Gasteiger partial charge in [-0.05, 0) is 12.0 Å². The van der Waals surface area contributed by atoms with Gasteiger partial charge in [-0.25, -0.2) is 0 Å². The molecule has 0 saturated carbocycles. The van der Waals surface area contributed by atoms with Crippen LogP contribution in [0.3, 0.4) is 0 Å². The van der Waals surface area contributed by atoms with Crippen molar-refractivity contribution in [2.75, 3.05) is 19.8 Å². The number of halogens is 1. The van der Waals surface area contributed by atoms with Crippen LogP contribution >= 0.6 is 12.4 Å². The lowest BCUT2D eigenvalue weighted by Crippen LogP contribution is -2.51. The molecule has 1 saturated heterocycles. The van der Waals surface area contributed by atoms with Gasteiger partial charge in [0, 0.05) is 12.6 Å². The van der Waals surface area contributed by atoms with Crippen LogP contribution in [0.25, 0.3) is 0 Å². The van der Waals surface area contributed by atoms with Gasteiger partial charge in [0.05, 0.1) is 25.2 Å². The van der Waals surface area contributed by atoms with Crippen molar-refractivity contribution >= 4 is 18.3 Å². The summed E-state index contributed by atoms with van der Waals surface area (Å²) in [5.74, 6) is -0.0824. The molecule has 0 radical (unpaired) electrons. The summed E-state index contributed by atoms with van der Waals surface area (Å²) < 4.78 is 5.45. The minimum absolute atomic E-state index is 0. The second-order valence-electron chi connectivity index (χ2n) is 5.39. The fraction of sp³-hybridized carbons (Fsp3) is 0.562. The molecule has 0 spiro atoms. The van der Waals surface area contributed by atoms with E-state index in [1.165, 1.54) is 0 Å². The monoisotopic (exact) mass is 312 g/mol. The second kappa shape index (κ2) is 8.37. The largest absolute Gasteiger partial charge is 0.377 e. The third kappa shape index (κ3) is 4.19. The van der Waals surface area contributed by atoms with Gasteiger partial charge in [-0.3, -0.25) is 4.79 Å². The van der Waals surface area contributed by atoms with E-state index in [1.807, 2.05) is 42.2 Å². The molecule has 1 fully saturated rings. The Hall–Kier alpha value is -1.10. The van der Waals surface area contributed by atoms with E-state index in [9.17, 15) is 4.79 Å². The standard InChI is InChI=1S/C16H24N2O2.ClH/c1-3-14-11-20-10-9-18(14)16(19)12(2)15(17)13-7-5-4-6-8-13;/h4-8,12,14-15H,3,9-11,17H2,1-2H3;1H. The topological polar surface area (TPSA) is 55.6 Å². The average molecular weight is 313 g/mol. The normalized spacial score (nSPS) is 21.3. The van der Waals surface area contributed by atoms with Gasteiger partial charge in [0.1, 0.15) is 0 Å². The molecule has 3 atom stereocenters. The molecule has 1 aliphatic rings. The van der Waals surface area contributed by atoms with Crippen molar-refractivity contribution in [3.63, 3.8) is 0 Å². The van der Waals surface area contributed by atoms with Gasteiger partial charge in [-0.1, -0.05) is 44.2 Å². The summed E-state index contributed by atoms with van der Waals surface area (Å²) in [5.41, 5.74) is 7.26. The van der Waals surface area contributed by atoms with Crippen LogP contribution in [0.15, 0.2) is 30.3 Å². The first-order valence-corrected chi connectivity index (χ1v) is 7.34. The number of hydrogen-bond donors (Lipinski definition) is 1. The van der Waals surface area contributed by atoms with Crippen LogP contribution in [0.2, 0.25) is 0 Å². The number of hydrogen-bond acceptors (Lipinski definition) is 3. The van der Waals surface area contributed by atoms with Gasteiger partial charge in [0.2, 0.25) is 5.91 Å². The van der Waals surface area contributed by atoms with Gasteiger partial charge in [-0.15, -0.1) is 12.4 Å². The molecule has 118 valence electrons. The van der Waals surface area contributed by atoms with Crippen LogP contribution in [0, 0.1) is 5.92 Å². The number of nitrogens with two attached hydrogens (primary N) is 1. The van der Waals surface area contributed by atoms with Gasteiger partial charge >= 0.3 is 0 Å². The van der Waals surface area contributed by atoms with Gasteiger partial charge in [-0.2, -0.15) is 0 Å². The molecule has 2 N–H and O–H groups in total. The van der Waals surface area contributed by atoms with Crippen molar-refractivity contribution in [1.29, 1.82) is 0 Å². The van der Waals surface area contributed by atoms with E-state index in [2.05, 4.69) is 6.92 Å². The third-order valence-corrected chi connectivity index (χ3v) is 4.09. The Morgan fingerprint density at radius 3 is 2.71 bits per heavy atom. The van der Waals surface area contributed by atoms with Crippen LogP contribution in [-0.4, -0.2) is 36.6 Å². The number of morpholine rings is 1. The molecule has 1 aromatic carbocycles. The summed E-state index contributed by atoms with van der Waals surface area (Å²) in [5, 5.41) is 0. The zero-order chi connectivity index (χ0) is 14.5. The molecule has 2 rings (SSSR count). The van der Waals surface area contributed by atoms with Crippen molar-refractivity contribution in [3.8, 4) is 0 Å². The maximum absolute atomic E-state index is 12.7. The Balaban J connectivity index is 0.00000220. The van der Waals surface area contributed by atoms with E-state index in [0.29, 0.717) is 19.8 Å². The summed E-state index contributed by atoms with van der Waals surface area (Å²) in [7, 11) is 0. The minimum Gasteiger partial charge on any atom is -0.377 e. The molecular formula is C16H25ClN2O2. The second-order valence-corrected chi connectivity index (χ2v) is 5.39. The van der Waals surface area contributed by atoms with Crippen LogP contribution in [0.4, 0.5) is 0 Å². The molecule has 0 bridgehead atoms. The highest BCUT2D eigenvalue weighted by molar-refractivity contribution is 5.85. The maximum atomic E-state index is 12.7. The lowest BCUT2D eigenvalue weighted by molar-refractivity contribution is -0.144. The molecule has 1 aliphatic heterocycles. The predicted molar refractivity (Wildman–Crippen MR) is 86.4 cm³/mol. The summed E-state index contributed by atoms with van der Waals surface area (Å²) in [6.07, 6.45) is 0.916. The smallest absolute Gasteiger partial charge is 0.227 e. The summed E-state index contributed by atoms with van der Waals surface area (Å²) in [6, 6.07) is 9.74. The van der Waals surface area contributed by atoms with Gasteiger partial charge in [0.25, 0.3) is 0 Å². The predicted octanol–water partition coefficient (Wildman–Crippen LogP) is 2.38. The van der Waals surface area contributed by atoms with E-state index in [1.54, 1.807) is 0 Å². The fourth-order valence-corrected chi connectivity index (χ4v) is 2.66. The minimum atomic E-state index is -0.260. The van der Waals surface area contributed by atoms with E-state index in [4.69, 9.17) is 10.5 Å². The number of benzene rings is 1. The Morgan fingerprint density at radius 2 is 2.10 bits per heavy atom. The number of nitrogens with zero attached hydrogens (tertiary/aromatic N) is 1.